The molecule has 2 aromatic heterocycles. The molecule has 0 atom stereocenters. The van der Waals surface area contributed by atoms with E-state index in [0.717, 1.165) is 30.5 Å². The number of nitro groups is 1. The summed E-state index contributed by atoms with van der Waals surface area (Å²) in [7, 11) is 0. The number of carbonyl (C=O) groups is 1. The molecule has 0 aliphatic rings. The highest BCUT2D eigenvalue weighted by Gasteiger charge is 2.21. The molecule has 0 saturated heterocycles. The summed E-state index contributed by atoms with van der Waals surface area (Å²) in [6, 6.07) is 15.6. The minimum Gasteiger partial charge on any atom is -0.267 e. The third-order valence-corrected chi connectivity index (χ3v) is 6.83. The predicted octanol–water partition coefficient (Wildman–Crippen LogP) is 6.47. The lowest BCUT2D eigenvalue weighted by Crippen LogP contribution is -2.25. The number of nitrogens with zero attached hydrogens (tertiary/aromatic N) is 4. The van der Waals surface area contributed by atoms with E-state index in [2.05, 4.69) is 41.9 Å². The number of thiophene rings is 1. The molecule has 0 aliphatic carbocycles. The molecule has 0 radical (unpaired) electrons. The van der Waals surface area contributed by atoms with E-state index in [9.17, 15) is 14.9 Å². The fourth-order valence-corrected chi connectivity index (χ4v) is 5.09. The van der Waals surface area contributed by atoms with Crippen molar-refractivity contribution in [1.29, 1.82) is 0 Å². The SMILES string of the molecule is O=C(c1cccc(Br)c1)N(/N=C/c1ccc([N+](=O)[O-])s1)c1nc2ccc(Br)cc2s1. The Bertz CT molecular complexity index is 1300. The van der Waals surface area contributed by atoms with Gasteiger partial charge >= 0.3 is 5.00 Å². The fraction of sp³-hybridized carbons (Fsp3) is 0. The van der Waals surface area contributed by atoms with Crippen LogP contribution < -0.4 is 5.01 Å². The number of hydrogen-bond acceptors (Lipinski definition) is 7. The summed E-state index contributed by atoms with van der Waals surface area (Å²) in [6.45, 7) is 0. The van der Waals surface area contributed by atoms with Crippen LogP contribution in [0.3, 0.4) is 0 Å². The van der Waals surface area contributed by atoms with Gasteiger partial charge in [-0.2, -0.15) is 10.1 Å². The van der Waals surface area contributed by atoms with Crippen molar-refractivity contribution in [3.05, 3.63) is 84.1 Å². The van der Waals surface area contributed by atoms with Gasteiger partial charge in [0.2, 0.25) is 5.13 Å². The van der Waals surface area contributed by atoms with Gasteiger partial charge in [0.25, 0.3) is 5.91 Å². The van der Waals surface area contributed by atoms with E-state index in [4.69, 9.17) is 0 Å². The van der Waals surface area contributed by atoms with Gasteiger partial charge in [-0.1, -0.05) is 60.6 Å². The van der Waals surface area contributed by atoms with Gasteiger partial charge < -0.3 is 0 Å². The molecular weight excluding hydrogens is 556 g/mol. The second kappa shape index (κ2) is 8.72. The van der Waals surface area contributed by atoms with E-state index in [-0.39, 0.29) is 10.9 Å². The number of carbonyl (C=O) groups excluding carboxylic acids is 1. The lowest BCUT2D eigenvalue weighted by Gasteiger charge is -2.13. The van der Waals surface area contributed by atoms with Crippen molar-refractivity contribution < 1.29 is 9.72 Å². The molecule has 2 aromatic carbocycles. The highest BCUT2D eigenvalue weighted by Crippen LogP contribution is 2.32. The average molecular weight is 566 g/mol. The first-order chi connectivity index (χ1) is 14.4. The van der Waals surface area contributed by atoms with Crippen molar-refractivity contribution in [3.8, 4) is 0 Å². The van der Waals surface area contributed by atoms with Crippen LogP contribution in [0, 0.1) is 10.1 Å². The molecule has 0 spiro atoms. The number of halogens is 2. The molecule has 4 aromatic rings. The maximum Gasteiger partial charge on any atom is 0.324 e. The Labute approximate surface area is 195 Å². The lowest BCUT2D eigenvalue weighted by molar-refractivity contribution is -0.380. The summed E-state index contributed by atoms with van der Waals surface area (Å²) in [5, 5.41) is 16.9. The van der Waals surface area contributed by atoms with Crippen molar-refractivity contribution in [2.24, 2.45) is 5.10 Å². The first-order valence-electron chi connectivity index (χ1n) is 8.35. The smallest absolute Gasteiger partial charge is 0.267 e. The number of rotatable bonds is 5. The second-order valence-corrected chi connectivity index (χ2v) is 9.85. The molecule has 0 N–H and O–H groups in total. The molecule has 1 amide bonds. The highest BCUT2D eigenvalue weighted by atomic mass is 79.9. The number of thiazole rings is 1. The van der Waals surface area contributed by atoms with E-state index >= 15 is 0 Å². The summed E-state index contributed by atoms with van der Waals surface area (Å²) >= 11 is 9.12. The summed E-state index contributed by atoms with van der Waals surface area (Å²) in [6.07, 6.45) is 1.43. The Balaban J connectivity index is 1.75. The van der Waals surface area contributed by atoms with Gasteiger partial charge in [0.15, 0.2) is 0 Å². The number of hydrogen-bond donors (Lipinski definition) is 0. The van der Waals surface area contributed by atoms with E-state index in [1.165, 1.54) is 28.6 Å². The van der Waals surface area contributed by atoms with E-state index in [0.29, 0.717) is 15.6 Å². The fourth-order valence-electron chi connectivity index (χ4n) is 2.53. The molecule has 30 heavy (non-hydrogen) atoms. The zero-order valence-corrected chi connectivity index (χ0v) is 19.7. The Kier molecular flexibility index (Phi) is 6.04. The van der Waals surface area contributed by atoms with Gasteiger partial charge in [0.1, 0.15) is 0 Å². The Morgan fingerprint density at radius 3 is 2.63 bits per heavy atom. The normalized spacial score (nSPS) is 11.3. The molecule has 11 heteroatoms. The van der Waals surface area contributed by atoms with Crippen molar-refractivity contribution in [1.82, 2.24) is 4.98 Å². The van der Waals surface area contributed by atoms with Gasteiger partial charge in [0, 0.05) is 20.6 Å². The monoisotopic (exact) mass is 564 g/mol. The first-order valence-corrected chi connectivity index (χ1v) is 11.6. The Morgan fingerprint density at radius 2 is 1.90 bits per heavy atom. The second-order valence-electron chi connectivity index (χ2n) is 5.91. The maximum absolute atomic E-state index is 13.2. The van der Waals surface area contributed by atoms with Crippen LogP contribution in [-0.2, 0) is 0 Å². The van der Waals surface area contributed by atoms with Crippen LogP contribution in [0.2, 0.25) is 0 Å². The number of aromatic nitrogens is 1. The third kappa shape index (κ3) is 4.48. The molecule has 7 nitrogen and oxygen atoms in total. The van der Waals surface area contributed by atoms with Crippen molar-refractivity contribution in [3.63, 3.8) is 0 Å². The topological polar surface area (TPSA) is 88.7 Å². The van der Waals surface area contributed by atoms with Gasteiger partial charge in [-0.3, -0.25) is 14.9 Å². The van der Waals surface area contributed by atoms with Gasteiger partial charge in [-0.05, 0) is 42.5 Å². The molecule has 0 aliphatic heterocycles. The number of hydrazone groups is 1. The quantitative estimate of drug-likeness (QED) is 0.157. The summed E-state index contributed by atoms with van der Waals surface area (Å²) in [4.78, 5) is 28.8. The maximum atomic E-state index is 13.2. The van der Waals surface area contributed by atoms with Gasteiger partial charge in [0.05, 0.1) is 26.2 Å². The Morgan fingerprint density at radius 1 is 1.10 bits per heavy atom. The Hall–Kier alpha value is -2.47. The summed E-state index contributed by atoms with van der Waals surface area (Å²) < 4.78 is 2.57. The average Bonchev–Trinajstić information content (AvgIpc) is 3.35. The lowest BCUT2D eigenvalue weighted by atomic mass is 10.2. The van der Waals surface area contributed by atoms with Crippen LogP contribution in [0.15, 0.2) is 68.6 Å². The van der Waals surface area contributed by atoms with Crippen molar-refractivity contribution in [2.75, 3.05) is 5.01 Å². The van der Waals surface area contributed by atoms with Crippen LogP contribution in [0.25, 0.3) is 10.2 Å². The van der Waals surface area contributed by atoms with E-state index in [1.54, 1.807) is 24.3 Å². The zero-order valence-electron chi connectivity index (χ0n) is 14.9. The van der Waals surface area contributed by atoms with Crippen molar-refractivity contribution in [2.45, 2.75) is 0 Å². The van der Waals surface area contributed by atoms with Crippen LogP contribution in [0.5, 0.6) is 0 Å². The highest BCUT2D eigenvalue weighted by molar-refractivity contribution is 9.10. The predicted molar refractivity (Wildman–Crippen MR) is 127 cm³/mol. The number of fused-ring (bicyclic) bond motifs is 1. The third-order valence-electron chi connectivity index (χ3n) is 3.88. The molecule has 0 saturated carbocycles. The minimum absolute atomic E-state index is 0.00570. The number of anilines is 1. The zero-order chi connectivity index (χ0) is 21.3. The molecule has 0 fully saturated rings. The summed E-state index contributed by atoms with van der Waals surface area (Å²) in [5.74, 6) is -0.364. The van der Waals surface area contributed by atoms with Crippen LogP contribution in [0.1, 0.15) is 15.2 Å². The van der Waals surface area contributed by atoms with Crippen LogP contribution in [0.4, 0.5) is 10.1 Å². The minimum atomic E-state index is -0.460. The van der Waals surface area contributed by atoms with Gasteiger partial charge in [-0.25, -0.2) is 4.98 Å². The van der Waals surface area contributed by atoms with Crippen LogP contribution >= 0.6 is 54.5 Å². The summed E-state index contributed by atoms with van der Waals surface area (Å²) in [5.41, 5.74) is 1.17. The first kappa shape index (κ1) is 20.8. The van der Waals surface area contributed by atoms with E-state index in [1.807, 2.05) is 24.3 Å². The molecule has 150 valence electrons. The van der Waals surface area contributed by atoms with Gasteiger partial charge in [-0.15, -0.1) is 0 Å². The van der Waals surface area contributed by atoms with E-state index < -0.39 is 4.92 Å². The standard InChI is InChI=1S/C19H10Br2N4O3S2/c20-12-3-1-2-11(8-12)18(26)24(22-10-14-5-7-17(29-14)25(27)28)19-23-15-6-4-13(21)9-16(15)30-19/h1-10H/b22-10+. The largest absolute Gasteiger partial charge is 0.324 e. The number of amides is 1. The van der Waals surface area contributed by atoms with Crippen LogP contribution in [-0.4, -0.2) is 22.0 Å². The molecule has 0 bridgehead atoms. The number of benzene rings is 2. The molecule has 0 unspecified atom stereocenters. The van der Waals surface area contributed by atoms with Crippen molar-refractivity contribution >= 4 is 87.0 Å². The molecule has 2 heterocycles. The molecule has 4 rings (SSSR count). The molecular formula is C19H10Br2N4O3S2.